The van der Waals surface area contributed by atoms with Crippen molar-refractivity contribution in [2.45, 2.75) is 25.8 Å². The minimum atomic E-state index is -0.366. The molecule has 0 amide bonds. The highest BCUT2D eigenvalue weighted by atomic mass is 32.2. The Morgan fingerprint density at radius 3 is 2.32 bits per heavy atom. The van der Waals surface area contributed by atoms with Gasteiger partial charge in [0.2, 0.25) is 0 Å². The molecular formula is C15H15NO2S. The molecule has 0 saturated heterocycles. The van der Waals surface area contributed by atoms with Gasteiger partial charge < -0.3 is 0 Å². The molecule has 19 heavy (non-hydrogen) atoms. The van der Waals surface area contributed by atoms with Gasteiger partial charge in [-0.3, -0.25) is 9.59 Å². The Labute approximate surface area is 116 Å². The number of ketones is 2. The van der Waals surface area contributed by atoms with Gasteiger partial charge in [-0.15, -0.1) is 0 Å². The monoisotopic (exact) mass is 273 g/mol. The highest BCUT2D eigenvalue weighted by Crippen LogP contribution is 2.38. The molecule has 0 atom stereocenters. The van der Waals surface area contributed by atoms with Crippen LogP contribution in [0.15, 0.2) is 52.1 Å². The predicted molar refractivity (Wildman–Crippen MR) is 75.7 cm³/mol. The summed E-state index contributed by atoms with van der Waals surface area (Å²) in [6.07, 6.45) is 4.36. The lowest BCUT2D eigenvalue weighted by Gasteiger charge is -2.25. The van der Waals surface area contributed by atoms with E-state index in [4.69, 9.17) is 0 Å². The fourth-order valence-electron chi connectivity index (χ4n) is 1.87. The first-order valence-electron chi connectivity index (χ1n) is 6.00. The standard InChI is InChI=1S/C15H15NO2S/c1-15(2,3)13-10(17)7-8-11(18)14(13)19-12-6-4-5-9-16-12/h4-9H,1-3H3. The number of hydrogen-bond acceptors (Lipinski definition) is 4. The topological polar surface area (TPSA) is 47.0 Å². The maximum Gasteiger partial charge on any atom is 0.193 e. The molecule has 98 valence electrons. The van der Waals surface area contributed by atoms with Crippen molar-refractivity contribution in [3.63, 3.8) is 0 Å². The summed E-state index contributed by atoms with van der Waals surface area (Å²) in [5.74, 6) is -0.217. The minimum Gasteiger partial charge on any atom is -0.290 e. The predicted octanol–water partition coefficient (Wildman–Crippen LogP) is 3.18. The lowest BCUT2D eigenvalue weighted by molar-refractivity contribution is -0.115. The third-order valence-electron chi connectivity index (χ3n) is 2.68. The SMILES string of the molecule is CC(C)(C)C1=C(Sc2ccccn2)C(=O)C=CC1=O. The van der Waals surface area contributed by atoms with Gasteiger partial charge in [0, 0.05) is 11.8 Å². The van der Waals surface area contributed by atoms with E-state index in [1.54, 1.807) is 6.20 Å². The summed E-state index contributed by atoms with van der Waals surface area (Å²) in [7, 11) is 0. The summed E-state index contributed by atoms with van der Waals surface area (Å²) >= 11 is 1.26. The normalized spacial score (nSPS) is 16.2. The molecule has 1 aliphatic rings. The molecular weight excluding hydrogens is 258 g/mol. The van der Waals surface area contributed by atoms with Crippen LogP contribution in [0.1, 0.15) is 20.8 Å². The van der Waals surface area contributed by atoms with Crippen LogP contribution in [0, 0.1) is 5.41 Å². The van der Waals surface area contributed by atoms with Crippen molar-refractivity contribution in [2.75, 3.05) is 0 Å². The molecule has 1 heterocycles. The van der Waals surface area contributed by atoms with Gasteiger partial charge >= 0.3 is 0 Å². The Balaban J connectivity index is 2.47. The second kappa shape index (κ2) is 5.13. The average Bonchev–Trinajstić information content (AvgIpc) is 2.33. The average molecular weight is 273 g/mol. The molecule has 2 rings (SSSR count). The molecule has 1 aromatic heterocycles. The maximum absolute atomic E-state index is 12.1. The molecule has 1 aromatic rings. The fraction of sp³-hybridized carbons (Fsp3) is 0.267. The lowest BCUT2D eigenvalue weighted by atomic mass is 9.81. The second-order valence-electron chi connectivity index (χ2n) is 5.29. The van der Waals surface area contributed by atoms with E-state index in [1.165, 1.54) is 23.9 Å². The van der Waals surface area contributed by atoms with Crippen molar-refractivity contribution in [3.05, 3.63) is 47.0 Å². The van der Waals surface area contributed by atoms with Gasteiger partial charge in [-0.2, -0.15) is 0 Å². The van der Waals surface area contributed by atoms with Crippen LogP contribution in [-0.2, 0) is 9.59 Å². The molecule has 0 N–H and O–H groups in total. The van der Waals surface area contributed by atoms with Gasteiger partial charge in [-0.1, -0.05) is 38.6 Å². The largest absolute Gasteiger partial charge is 0.290 e. The Hall–Kier alpha value is -1.68. The number of aromatic nitrogens is 1. The van der Waals surface area contributed by atoms with E-state index >= 15 is 0 Å². The van der Waals surface area contributed by atoms with Crippen LogP contribution in [0.25, 0.3) is 0 Å². The van der Waals surface area contributed by atoms with Gasteiger partial charge in [0.05, 0.1) is 4.91 Å². The van der Waals surface area contributed by atoms with Crippen LogP contribution < -0.4 is 0 Å². The first-order chi connectivity index (χ1) is 8.89. The first-order valence-corrected chi connectivity index (χ1v) is 6.81. The van der Waals surface area contributed by atoms with E-state index in [2.05, 4.69) is 4.98 Å². The molecule has 0 bridgehead atoms. The van der Waals surface area contributed by atoms with Crippen molar-refractivity contribution in [1.29, 1.82) is 0 Å². The lowest BCUT2D eigenvalue weighted by Crippen LogP contribution is -2.23. The maximum atomic E-state index is 12.1. The van der Waals surface area contributed by atoms with Crippen LogP contribution in [-0.4, -0.2) is 16.6 Å². The third-order valence-corrected chi connectivity index (χ3v) is 3.74. The highest BCUT2D eigenvalue weighted by molar-refractivity contribution is 8.04. The van der Waals surface area contributed by atoms with E-state index in [1.807, 2.05) is 39.0 Å². The van der Waals surface area contributed by atoms with E-state index < -0.39 is 0 Å². The summed E-state index contributed by atoms with van der Waals surface area (Å²) < 4.78 is 0. The number of allylic oxidation sites excluding steroid dienone is 4. The Kier molecular flexibility index (Phi) is 3.71. The van der Waals surface area contributed by atoms with Crippen molar-refractivity contribution in [2.24, 2.45) is 5.41 Å². The van der Waals surface area contributed by atoms with Crippen LogP contribution >= 0.6 is 11.8 Å². The van der Waals surface area contributed by atoms with Gasteiger partial charge in [-0.05, 0) is 29.7 Å². The molecule has 0 spiro atoms. The zero-order chi connectivity index (χ0) is 14.0. The molecule has 0 aliphatic heterocycles. The van der Waals surface area contributed by atoms with E-state index in [0.29, 0.717) is 10.5 Å². The molecule has 1 aliphatic carbocycles. The number of thioether (sulfide) groups is 1. The van der Waals surface area contributed by atoms with Crippen molar-refractivity contribution in [1.82, 2.24) is 4.98 Å². The van der Waals surface area contributed by atoms with Gasteiger partial charge in [-0.25, -0.2) is 4.98 Å². The van der Waals surface area contributed by atoms with Gasteiger partial charge in [0.15, 0.2) is 11.6 Å². The number of carbonyl (C=O) groups is 2. The smallest absolute Gasteiger partial charge is 0.193 e. The highest BCUT2D eigenvalue weighted by Gasteiger charge is 2.31. The molecule has 3 nitrogen and oxygen atoms in total. The number of carbonyl (C=O) groups excluding carboxylic acids is 2. The quantitative estimate of drug-likeness (QED) is 0.776. The van der Waals surface area contributed by atoms with Crippen LogP contribution in [0.2, 0.25) is 0 Å². The van der Waals surface area contributed by atoms with Crippen LogP contribution in [0.3, 0.4) is 0 Å². The minimum absolute atomic E-state index is 0.0921. The molecule has 0 fully saturated rings. The Morgan fingerprint density at radius 2 is 1.74 bits per heavy atom. The summed E-state index contributed by atoms with van der Waals surface area (Å²) in [5.41, 5.74) is 0.199. The van der Waals surface area contributed by atoms with E-state index in [0.717, 1.165) is 5.03 Å². The van der Waals surface area contributed by atoms with Crippen molar-refractivity contribution >= 4 is 23.3 Å². The number of pyridine rings is 1. The van der Waals surface area contributed by atoms with Gasteiger partial charge in [0.25, 0.3) is 0 Å². The molecule has 0 radical (unpaired) electrons. The first kappa shape index (κ1) is 13.7. The molecule has 0 aromatic carbocycles. The summed E-state index contributed by atoms with van der Waals surface area (Å²) in [5, 5.41) is 0.718. The summed E-state index contributed by atoms with van der Waals surface area (Å²) in [6, 6.07) is 5.50. The van der Waals surface area contributed by atoms with E-state index in [9.17, 15) is 9.59 Å². The molecule has 0 saturated carbocycles. The van der Waals surface area contributed by atoms with Gasteiger partial charge in [0.1, 0.15) is 5.03 Å². The third kappa shape index (κ3) is 3.01. The second-order valence-corrected chi connectivity index (χ2v) is 6.32. The Bertz CT molecular complexity index is 580. The Morgan fingerprint density at radius 1 is 1.05 bits per heavy atom. The summed E-state index contributed by atoms with van der Waals surface area (Å²) in [4.78, 5) is 28.8. The zero-order valence-corrected chi connectivity index (χ0v) is 12.0. The molecule has 4 heteroatoms. The van der Waals surface area contributed by atoms with Crippen LogP contribution in [0.5, 0.6) is 0 Å². The number of rotatable bonds is 2. The number of nitrogens with zero attached hydrogens (tertiary/aromatic N) is 1. The molecule has 0 unspecified atom stereocenters. The number of hydrogen-bond donors (Lipinski definition) is 0. The van der Waals surface area contributed by atoms with Crippen molar-refractivity contribution in [3.8, 4) is 0 Å². The van der Waals surface area contributed by atoms with E-state index in [-0.39, 0.29) is 17.0 Å². The van der Waals surface area contributed by atoms with Crippen molar-refractivity contribution < 1.29 is 9.59 Å². The summed E-state index contributed by atoms with van der Waals surface area (Å²) in [6.45, 7) is 5.81. The van der Waals surface area contributed by atoms with Crippen LogP contribution in [0.4, 0.5) is 0 Å². The zero-order valence-electron chi connectivity index (χ0n) is 11.1. The fourth-order valence-corrected chi connectivity index (χ4v) is 3.02.